The van der Waals surface area contributed by atoms with Gasteiger partial charge in [-0.2, -0.15) is 13.2 Å². The number of ether oxygens (including phenoxy) is 1. The summed E-state index contributed by atoms with van der Waals surface area (Å²) in [6, 6.07) is 2.02. The quantitative estimate of drug-likeness (QED) is 0.749. The van der Waals surface area contributed by atoms with E-state index in [0.29, 0.717) is 44.0 Å². The Morgan fingerprint density at radius 2 is 1.83 bits per heavy atom. The standard InChI is InChI=1S/C20H21F3N4O3/c1-25-12-17(15-9-14(20(21,22)23)8-13-10-24-11-16(13)15)18(28)27(19(25)29)3-2-26-4-6-30-7-5-26/h8-9,11-12H,2-7,10H2,1H3. The third-order valence-electron chi connectivity index (χ3n) is 5.44. The summed E-state index contributed by atoms with van der Waals surface area (Å²) in [5.74, 6) is 0. The monoisotopic (exact) mass is 422 g/mol. The first-order valence-corrected chi connectivity index (χ1v) is 9.60. The fraction of sp³-hybridized carbons (Fsp3) is 0.450. The molecule has 0 spiro atoms. The molecule has 1 saturated heterocycles. The third-order valence-corrected chi connectivity index (χ3v) is 5.44. The SMILES string of the molecule is Cn1cc(-c2cc(C(F)(F)F)cc3c2C=NC3)c(=O)n(CCN2CCOCC2)c1=O. The second-order valence-electron chi connectivity index (χ2n) is 7.41. The van der Waals surface area contributed by atoms with Gasteiger partial charge in [0.05, 0.1) is 30.9 Å². The maximum atomic E-state index is 13.4. The van der Waals surface area contributed by atoms with E-state index in [1.165, 1.54) is 24.0 Å². The predicted octanol–water partition coefficient (Wildman–Crippen LogP) is 1.50. The van der Waals surface area contributed by atoms with Gasteiger partial charge in [0.1, 0.15) is 0 Å². The van der Waals surface area contributed by atoms with Crippen LogP contribution in [0.1, 0.15) is 16.7 Å². The first kappa shape index (κ1) is 20.5. The van der Waals surface area contributed by atoms with E-state index in [9.17, 15) is 22.8 Å². The zero-order valence-corrected chi connectivity index (χ0v) is 16.4. The van der Waals surface area contributed by atoms with Gasteiger partial charge < -0.3 is 9.30 Å². The molecule has 0 unspecified atom stereocenters. The molecule has 10 heteroatoms. The summed E-state index contributed by atoms with van der Waals surface area (Å²) < 4.78 is 47.8. The minimum Gasteiger partial charge on any atom is -0.379 e. The van der Waals surface area contributed by atoms with Crippen molar-refractivity contribution in [2.45, 2.75) is 19.3 Å². The molecule has 0 N–H and O–H groups in total. The van der Waals surface area contributed by atoms with Crippen molar-refractivity contribution in [1.82, 2.24) is 14.0 Å². The molecule has 30 heavy (non-hydrogen) atoms. The molecule has 2 aliphatic rings. The van der Waals surface area contributed by atoms with Crippen molar-refractivity contribution in [3.63, 3.8) is 0 Å². The Balaban J connectivity index is 1.79. The largest absolute Gasteiger partial charge is 0.416 e. The normalized spacial score (nSPS) is 16.8. The Labute approximate surface area is 170 Å². The van der Waals surface area contributed by atoms with Crippen LogP contribution in [0.4, 0.5) is 13.2 Å². The molecular formula is C20H21F3N4O3. The lowest BCUT2D eigenvalue weighted by Crippen LogP contribution is -2.44. The molecule has 0 amide bonds. The number of aryl methyl sites for hydroxylation is 1. The van der Waals surface area contributed by atoms with Crippen molar-refractivity contribution in [3.8, 4) is 11.1 Å². The highest BCUT2D eigenvalue weighted by Crippen LogP contribution is 2.36. The van der Waals surface area contributed by atoms with E-state index < -0.39 is 23.0 Å². The number of halogens is 3. The van der Waals surface area contributed by atoms with Crippen molar-refractivity contribution < 1.29 is 17.9 Å². The Bertz CT molecular complexity index is 1110. The molecule has 2 aromatic rings. The Hall–Kier alpha value is -2.72. The number of aromatic nitrogens is 2. The highest BCUT2D eigenvalue weighted by Gasteiger charge is 2.33. The highest BCUT2D eigenvalue weighted by molar-refractivity contribution is 5.94. The zero-order chi connectivity index (χ0) is 21.5. The number of aliphatic imine (C=N–C) groups is 1. The van der Waals surface area contributed by atoms with Crippen LogP contribution in [0.2, 0.25) is 0 Å². The fourth-order valence-electron chi connectivity index (χ4n) is 3.79. The molecular weight excluding hydrogens is 401 g/mol. The van der Waals surface area contributed by atoms with Crippen LogP contribution in [-0.2, 0) is 31.1 Å². The van der Waals surface area contributed by atoms with Crippen molar-refractivity contribution in [3.05, 3.63) is 55.9 Å². The van der Waals surface area contributed by atoms with Gasteiger partial charge in [0, 0.05) is 51.2 Å². The van der Waals surface area contributed by atoms with Crippen LogP contribution < -0.4 is 11.2 Å². The van der Waals surface area contributed by atoms with Gasteiger partial charge >= 0.3 is 11.9 Å². The molecule has 0 atom stereocenters. The second kappa shape index (κ2) is 7.84. The number of alkyl halides is 3. The molecule has 2 aliphatic heterocycles. The number of rotatable bonds is 4. The van der Waals surface area contributed by atoms with Crippen LogP contribution in [0.15, 0.2) is 32.9 Å². The van der Waals surface area contributed by atoms with Gasteiger partial charge in [0.2, 0.25) is 0 Å². The van der Waals surface area contributed by atoms with E-state index in [1.54, 1.807) is 0 Å². The fourth-order valence-corrected chi connectivity index (χ4v) is 3.79. The van der Waals surface area contributed by atoms with Crippen molar-refractivity contribution in [2.75, 3.05) is 32.8 Å². The first-order valence-electron chi connectivity index (χ1n) is 9.60. The molecule has 1 fully saturated rings. The van der Waals surface area contributed by atoms with Crippen molar-refractivity contribution >= 4 is 6.21 Å². The number of fused-ring (bicyclic) bond motifs is 1. The van der Waals surface area contributed by atoms with E-state index >= 15 is 0 Å². The second-order valence-corrected chi connectivity index (χ2v) is 7.41. The lowest BCUT2D eigenvalue weighted by Gasteiger charge is -2.26. The number of benzene rings is 1. The van der Waals surface area contributed by atoms with E-state index in [4.69, 9.17) is 4.74 Å². The number of nitrogens with zero attached hydrogens (tertiary/aromatic N) is 4. The zero-order valence-electron chi connectivity index (χ0n) is 16.4. The minimum absolute atomic E-state index is 0.0507. The van der Waals surface area contributed by atoms with Crippen LogP contribution in [0.3, 0.4) is 0 Å². The van der Waals surface area contributed by atoms with Crippen LogP contribution in [0.5, 0.6) is 0 Å². The highest BCUT2D eigenvalue weighted by atomic mass is 19.4. The van der Waals surface area contributed by atoms with E-state index in [1.807, 2.05) is 0 Å². The Morgan fingerprint density at radius 1 is 1.10 bits per heavy atom. The lowest BCUT2D eigenvalue weighted by molar-refractivity contribution is -0.137. The van der Waals surface area contributed by atoms with Gasteiger partial charge in [0.15, 0.2) is 0 Å². The third kappa shape index (κ3) is 3.84. The first-order chi connectivity index (χ1) is 14.3. The van der Waals surface area contributed by atoms with Crippen molar-refractivity contribution in [1.29, 1.82) is 0 Å². The maximum absolute atomic E-state index is 13.4. The summed E-state index contributed by atoms with van der Waals surface area (Å²) in [4.78, 5) is 31.9. The van der Waals surface area contributed by atoms with Crippen LogP contribution in [-0.4, -0.2) is 53.1 Å². The summed E-state index contributed by atoms with van der Waals surface area (Å²) in [7, 11) is 1.48. The van der Waals surface area contributed by atoms with Gasteiger partial charge in [-0.3, -0.25) is 19.3 Å². The molecule has 0 aliphatic carbocycles. The molecule has 0 saturated carbocycles. The summed E-state index contributed by atoms with van der Waals surface area (Å²) in [5.41, 5.74) is -0.861. The summed E-state index contributed by atoms with van der Waals surface area (Å²) in [5, 5.41) is 0. The van der Waals surface area contributed by atoms with Crippen molar-refractivity contribution in [2.24, 2.45) is 12.0 Å². The van der Waals surface area contributed by atoms with Crippen LogP contribution in [0, 0.1) is 0 Å². The Morgan fingerprint density at radius 3 is 2.53 bits per heavy atom. The maximum Gasteiger partial charge on any atom is 0.416 e. The predicted molar refractivity (Wildman–Crippen MR) is 105 cm³/mol. The van der Waals surface area contributed by atoms with Gasteiger partial charge in [-0.05, 0) is 23.3 Å². The topological polar surface area (TPSA) is 68.8 Å². The average Bonchev–Trinajstić information content (AvgIpc) is 3.19. The van der Waals surface area contributed by atoms with Gasteiger partial charge in [0.25, 0.3) is 5.56 Å². The Kier molecular flexibility index (Phi) is 5.37. The molecule has 1 aromatic heterocycles. The van der Waals surface area contributed by atoms with E-state index in [0.717, 1.165) is 16.7 Å². The van der Waals surface area contributed by atoms with Gasteiger partial charge in [-0.25, -0.2) is 4.79 Å². The summed E-state index contributed by atoms with van der Waals surface area (Å²) >= 11 is 0. The lowest BCUT2D eigenvalue weighted by atomic mass is 9.95. The minimum atomic E-state index is -4.55. The number of morpholine rings is 1. The number of hydrogen-bond acceptors (Lipinski definition) is 5. The van der Waals surface area contributed by atoms with Crippen LogP contribution >= 0.6 is 0 Å². The van der Waals surface area contributed by atoms with Gasteiger partial charge in [-0.15, -0.1) is 0 Å². The molecule has 160 valence electrons. The van der Waals surface area contributed by atoms with Crippen LogP contribution in [0.25, 0.3) is 11.1 Å². The molecule has 3 heterocycles. The van der Waals surface area contributed by atoms with E-state index in [-0.39, 0.29) is 24.2 Å². The molecule has 0 bridgehead atoms. The number of hydrogen-bond donors (Lipinski definition) is 0. The smallest absolute Gasteiger partial charge is 0.379 e. The molecule has 7 nitrogen and oxygen atoms in total. The molecule has 1 aromatic carbocycles. The molecule has 0 radical (unpaired) electrons. The summed E-state index contributed by atoms with van der Waals surface area (Å²) in [6.07, 6.45) is -1.77. The molecule has 4 rings (SSSR count). The summed E-state index contributed by atoms with van der Waals surface area (Å²) in [6.45, 7) is 3.33. The van der Waals surface area contributed by atoms with E-state index in [2.05, 4.69) is 9.89 Å². The average molecular weight is 422 g/mol. The van der Waals surface area contributed by atoms with Gasteiger partial charge in [-0.1, -0.05) is 0 Å².